The smallest absolute Gasteiger partial charge is 0.269 e. The fraction of sp³-hybridized carbons (Fsp3) is 0.250. The molecule has 0 N–H and O–H groups in total. The van der Waals surface area contributed by atoms with Crippen LogP contribution in [0.5, 0.6) is 11.5 Å². The van der Waals surface area contributed by atoms with Crippen LogP contribution in [0.2, 0.25) is 0 Å². The van der Waals surface area contributed by atoms with Gasteiger partial charge in [0.25, 0.3) is 6.33 Å². The Labute approximate surface area is 565 Å². The summed E-state index contributed by atoms with van der Waals surface area (Å²) in [5.41, 5.74) is 15.2. The minimum Gasteiger partial charge on any atom is -0.458 e. The van der Waals surface area contributed by atoms with Crippen molar-refractivity contribution >= 4 is 32.8 Å². The number of hydrogen-bond acceptors (Lipinski definition) is 2. The van der Waals surface area contributed by atoms with E-state index in [1.165, 1.54) is 23.8 Å². The van der Waals surface area contributed by atoms with Crippen LogP contribution < -0.4 is 9.30 Å². The summed E-state index contributed by atoms with van der Waals surface area (Å²) in [6.07, 6.45) is 7.66. The molecular formula is C88H84N4O. The van der Waals surface area contributed by atoms with Gasteiger partial charge in [-0.2, -0.15) is 0 Å². The van der Waals surface area contributed by atoms with Gasteiger partial charge in [0.2, 0.25) is 0 Å². The molecule has 0 bridgehead atoms. The lowest BCUT2D eigenvalue weighted by Gasteiger charge is -2.42. The molecule has 13 aromatic rings. The van der Waals surface area contributed by atoms with E-state index >= 15 is 0 Å². The quantitative estimate of drug-likeness (QED) is 0.118. The van der Waals surface area contributed by atoms with Crippen molar-refractivity contribution in [3.8, 4) is 95.5 Å². The number of hydrogen-bond donors (Lipinski definition) is 0. The number of benzene rings is 10. The molecule has 4 heterocycles. The van der Waals surface area contributed by atoms with Crippen molar-refractivity contribution in [2.45, 2.75) is 144 Å². The highest BCUT2D eigenvalue weighted by Gasteiger charge is 2.40. The summed E-state index contributed by atoms with van der Waals surface area (Å²) in [6.45, 7) is 23.4. The maximum atomic E-state index is 9.63. The second-order valence-electron chi connectivity index (χ2n) is 30.1. The van der Waals surface area contributed by atoms with Crippen LogP contribution in [-0.4, -0.2) is 14.1 Å². The highest BCUT2D eigenvalue weighted by molar-refractivity contribution is 6.10. The van der Waals surface area contributed by atoms with Crippen LogP contribution >= 0.6 is 0 Å². The largest absolute Gasteiger partial charge is 0.458 e. The van der Waals surface area contributed by atoms with E-state index in [4.69, 9.17) is 13.8 Å². The third-order valence-electron chi connectivity index (χ3n) is 19.8. The minimum absolute atomic E-state index is 0.0203. The first-order valence-electron chi connectivity index (χ1n) is 38.0. The summed E-state index contributed by atoms with van der Waals surface area (Å²) in [6, 6.07) is 56.2. The Kier molecular flexibility index (Phi) is 11.1. The van der Waals surface area contributed by atoms with E-state index in [1.54, 1.807) is 0 Å². The number of imidazole rings is 1. The topological polar surface area (TPSA) is 35.9 Å². The van der Waals surface area contributed by atoms with Gasteiger partial charge < -0.3 is 4.74 Å². The maximum Gasteiger partial charge on any atom is 0.269 e. The summed E-state index contributed by atoms with van der Waals surface area (Å²) >= 11 is 0. The van der Waals surface area contributed by atoms with Gasteiger partial charge in [-0.05, 0) is 232 Å². The number of ether oxygens (including phenoxy) is 1. The number of fused-ring (bicyclic) bond motifs is 11. The second kappa shape index (κ2) is 21.5. The SMILES string of the molecule is [2H]c1c([2H])c([2H])c(-c2cc3c4c(c2)n(-c2cccc(Oc5ccc6c7ccccc7n(-c7cc(C(C)(C)C)ccn7)c6c5)c2)[c-][n+]4-c2c(-c4cc(C(C)(C)C)cc(C(C)(C)C)c4)cc(-c4c(C([2H])([2H])[2H])cccc4C([2H])([2H])[2H])cc2-c2cc4c(cc2-c2ccccc2-3)C(C)(C)CCC4(C)C)c([2H])c1[2H]. The van der Waals surface area contributed by atoms with Crippen LogP contribution in [0.4, 0.5) is 0 Å². The van der Waals surface area contributed by atoms with Crippen LogP contribution in [0.3, 0.4) is 0 Å². The molecule has 3 aromatic heterocycles. The van der Waals surface area contributed by atoms with Gasteiger partial charge in [-0.3, -0.25) is 13.7 Å². The van der Waals surface area contributed by atoms with E-state index in [0.29, 0.717) is 61.7 Å². The van der Waals surface area contributed by atoms with E-state index in [0.717, 1.165) is 90.5 Å². The van der Waals surface area contributed by atoms with E-state index in [2.05, 4.69) is 178 Å². The molecule has 0 radical (unpaired) electrons. The van der Waals surface area contributed by atoms with Gasteiger partial charge in [-0.15, -0.1) is 0 Å². The monoisotopic (exact) mass is 1220 g/mol. The molecule has 0 saturated carbocycles. The Balaban J connectivity index is 1.10. The first kappa shape index (κ1) is 48.2. The number of rotatable bonds is 7. The zero-order chi connectivity index (χ0) is 74.2. The predicted octanol–water partition coefficient (Wildman–Crippen LogP) is 23.2. The lowest BCUT2D eigenvalue weighted by molar-refractivity contribution is -0.570. The van der Waals surface area contributed by atoms with Crippen molar-refractivity contribution < 1.29 is 24.4 Å². The third kappa shape index (κ3) is 10.2. The van der Waals surface area contributed by atoms with Crippen LogP contribution in [-0.2, 0) is 27.1 Å². The summed E-state index contributed by atoms with van der Waals surface area (Å²) in [4.78, 5) is 4.95. The van der Waals surface area contributed by atoms with E-state index in [1.807, 2.05) is 95.7 Å². The van der Waals surface area contributed by atoms with Gasteiger partial charge in [-0.1, -0.05) is 217 Å². The molecule has 462 valence electrons. The van der Waals surface area contributed by atoms with Crippen molar-refractivity contribution in [2.24, 2.45) is 0 Å². The van der Waals surface area contributed by atoms with Gasteiger partial charge in [0, 0.05) is 31.3 Å². The van der Waals surface area contributed by atoms with Gasteiger partial charge in [0.1, 0.15) is 17.3 Å². The average Bonchev–Trinajstić information content (AvgIpc) is 1.56. The standard InChI is InChI=1S/C88H84N4O/c1-54-25-23-26-55(2)81(54)59-44-70(58-41-61(85(6,7)8)47-62(42-58)86(9,10)11)82-74(45-59)72-52-76-75(87(12,13)38-39-88(76,14)15)51-71(72)66-31-19-20-32-67(66)73-43-57(56-27-17-16-18-28-56)46-79-83(73)91(82)53-90(79)63-29-24-30-64(49-63)93-65-35-36-69-68-33-21-22-34-77(68)92(78(69)50-65)80-48-60(37-40-89-80)84(3,4)5/h16-37,40-52H,38-39H2,1-15H3/i1D3,2D3,16D,17D,18D,27D,28D. The summed E-state index contributed by atoms with van der Waals surface area (Å²) in [5.74, 6) is 1.85. The Morgan fingerprint density at radius 3 is 1.76 bits per heavy atom. The fourth-order valence-electron chi connectivity index (χ4n) is 14.4. The van der Waals surface area contributed by atoms with Gasteiger partial charge >= 0.3 is 0 Å². The molecule has 0 fully saturated rings. The van der Waals surface area contributed by atoms with Crippen molar-refractivity contribution in [2.75, 3.05) is 0 Å². The van der Waals surface area contributed by atoms with Crippen molar-refractivity contribution in [1.82, 2.24) is 14.1 Å². The molecule has 10 aromatic carbocycles. The first-order valence-corrected chi connectivity index (χ1v) is 32.5. The summed E-state index contributed by atoms with van der Waals surface area (Å²) < 4.78 is 115. The number of nitrogens with zero attached hydrogens (tertiary/aromatic N) is 4. The highest BCUT2D eigenvalue weighted by atomic mass is 16.5. The highest BCUT2D eigenvalue weighted by Crippen LogP contribution is 2.54. The molecule has 2 aliphatic rings. The zero-order valence-electron chi connectivity index (χ0n) is 66.4. The van der Waals surface area contributed by atoms with Crippen LogP contribution in [0.25, 0.3) is 117 Å². The van der Waals surface area contributed by atoms with Gasteiger partial charge in [-0.25, -0.2) is 4.98 Å². The number of aryl methyl sites for hydroxylation is 2. The normalized spacial score (nSPS) is 16.2. The Morgan fingerprint density at radius 2 is 1.09 bits per heavy atom. The van der Waals surface area contributed by atoms with Crippen molar-refractivity contribution in [3.05, 3.63) is 258 Å². The molecule has 15 rings (SSSR count). The molecule has 93 heavy (non-hydrogen) atoms. The number of pyridine rings is 1. The number of aromatic nitrogens is 4. The van der Waals surface area contributed by atoms with E-state index in [-0.39, 0.29) is 61.4 Å². The van der Waals surface area contributed by atoms with Gasteiger partial charge in [0.15, 0.2) is 0 Å². The molecule has 5 nitrogen and oxygen atoms in total. The zero-order valence-corrected chi connectivity index (χ0v) is 55.4. The number of para-hydroxylation sites is 1. The average molecular weight is 1220 g/mol. The summed E-state index contributed by atoms with van der Waals surface area (Å²) in [5, 5.41) is 2.10. The van der Waals surface area contributed by atoms with Crippen molar-refractivity contribution in [3.63, 3.8) is 0 Å². The molecular weight excluding hydrogens is 1130 g/mol. The molecule has 1 aliphatic heterocycles. The second-order valence-corrected chi connectivity index (χ2v) is 30.1. The fourth-order valence-corrected chi connectivity index (χ4v) is 14.4. The molecule has 1 aliphatic carbocycles. The third-order valence-corrected chi connectivity index (χ3v) is 19.8. The molecule has 0 amide bonds. The lowest BCUT2D eigenvalue weighted by atomic mass is 9.62. The molecule has 0 unspecified atom stereocenters. The van der Waals surface area contributed by atoms with Gasteiger partial charge in [0.05, 0.1) is 40.3 Å². The lowest BCUT2D eigenvalue weighted by Crippen LogP contribution is -2.34. The van der Waals surface area contributed by atoms with Crippen LogP contribution in [0.15, 0.2) is 212 Å². The molecule has 0 atom stereocenters. The Morgan fingerprint density at radius 1 is 0.484 bits per heavy atom. The van der Waals surface area contributed by atoms with Crippen LogP contribution in [0.1, 0.15) is 157 Å². The van der Waals surface area contributed by atoms with E-state index in [9.17, 15) is 11.0 Å². The predicted molar refractivity (Wildman–Crippen MR) is 389 cm³/mol. The Bertz CT molecular complexity index is 5670. The summed E-state index contributed by atoms with van der Waals surface area (Å²) in [7, 11) is 0. The Hall–Kier alpha value is -9.58. The maximum absolute atomic E-state index is 9.63. The molecule has 5 heteroatoms. The minimum atomic E-state index is -2.75. The molecule has 0 spiro atoms. The van der Waals surface area contributed by atoms with E-state index < -0.39 is 31.8 Å². The van der Waals surface area contributed by atoms with Crippen molar-refractivity contribution in [1.29, 1.82) is 0 Å². The first-order chi connectivity index (χ1) is 48.8. The molecule has 0 saturated heterocycles. The van der Waals surface area contributed by atoms with Crippen LogP contribution in [0, 0.1) is 20.0 Å².